The van der Waals surface area contributed by atoms with Gasteiger partial charge in [0.1, 0.15) is 9.84 Å². The molecule has 0 amide bonds. The van der Waals surface area contributed by atoms with E-state index in [2.05, 4.69) is 0 Å². The zero-order valence-electron chi connectivity index (χ0n) is 8.75. The number of carboxylic acid groups (broad SMARTS) is 1. The van der Waals surface area contributed by atoms with Gasteiger partial charge < -0.3 is 10.8 Å². The highest BCUT2D eigenvalue weighted by Crippen LogP contribution is 2.20. The lowest BCUT2D eigenvalue weighted by atomic mass is 9.93. The molecule has 0 heterocycles. The number of benzene rings is 1. The molecule has 1 unspecified atom stereocenters. The van der Waals surface area contributed by atoms with Crippen LogP contribution in [0.25, 0.3) is 0 Å². The summed E-state index contributed by atoms with van der Waals surface area (Å²) in [6.07, 6.45) is 0.959. The molecule has 1 aromatic rings. The Labute approximate surface area is 93.8 Å². The van der Waals surface area contributed by atoms with E-state index in [1.807, 2.05) is 0 Å². The van der Waals surface area contributed by atoms with Crippen molar-refractivity contribution in [1.29, 1.82) is 0 Å². The molecule has 0 aliphatic carbocycles. The highest BCUT2D eigenvalue weighted by molar-refractivity contribution is 7.90. The summed E-state index contributed by atoms with van der Waals surface area (Å²) >= 11 is 0. The maximum absolute atomic E-state index is 11.2. The van der Waals surface area contributed by atoms with Crippen LogP contribution in [0.4, 0.5) is 0 Å². The third kappa shape index (κ3) is 2.80. The Morgan fingerprint density at radius 3 is 2.25 bits per heavy atom. The second-order valence-corrected chi connectivity index (χ2v) is 5.85. The van der Waals surface area contributed by atoms with Crippen molar-refractivity contribution in [1.82, 2.24) is 0 Å². The third-order valence-electron chi connectivity index (χ3n) is 2.16. The zero-order valence-corrected chi connectivity index (χ0v) is 9.57. The van der Waals surface area contributed by atoms with Crippen LogP contribution in [-0.2, 0) is 20.2 Å². The fourth-order valence-corrected chi connectivity index (χ4v) is 2.53. The number of hydrogen-bond acceptors (Lipinski definition) is 4. The Kier molecular flexibility index (Phi) is 3.35. The fraction of sp³-hybridized carbons (Fsp3) is 0.300. The molecule has 0 radical (unpaired) electrons. The average molecular weight is 243 g/mol. The first-order chi connectivity index (χ1) is 7.26. The van der Waals surface area contributed by atoms with Gasteiger partial charge in [-0.05, 0) is 5.56 Å². The lowest BCUT2D eigenvalue weighted by Gasteiger charge is -2.24. The van der Waals surface area contributed by atoms with Gasteiger partial charge in [0.25, 0.3) is 0 Å². The molecule has 1 aromatic carbocycles. The molecular weight excluding hydrogens is 230 g/mol. The van der Waals surface area contributed by atoms with Crippen molar-refractivity contribution in [3.63, 3.8) is 0 Å². The monoisotopic (exact) mass is 243 g/mol. The molecule has 0 aliphatic rings. The van der Waals surface area contributed by atoms with Crippen molar-refractivity contribution in [2.45, 2.75) is 5.54 Å². The molecular formula is C10H13NO4S. The minimum absolute atomic E-state index is 0.271. The molecule has 88 valence electrons. The smallest absolute Gasteiger partial charge is 0.329 e. The molecule has 0 aromatic heterocycles. The van der Waals surface area contributed by atoms with Gasteiger partial charge in [0.2, 0.25) is 0 Å². The van der Waals surface area contributed by atoms with E-state index >= 15 is 0 Å². The van der Waals surface area contributed by atoms with Crippen molar-refractivity contribution in [2.75, 3.05) is 12.0 Å². The SMILES string of the molecule is CS(=O)(=O)CC(N)(C(=O)O)c1ccccc1. The van der Waals surface area contributed by atoms with Crippen LogP contribution in [-0.4, -0.2) is 31.5 Å². The lowest BCUT2D eigenvalue weighted by Crippen LogP contribution is -2.50. The molecule has 0 aliphatic heterocycles. The van der Waals surface area contributed by atoms with Crippen LogP contribution in [0.3, 0.4) is 0 Å². The molecule has 5 nitrogen and oxygen atoms in total. The number of hydrogen-bond donors (Lipinski definition) is 2. The van der Waals surface area contributed by atoms with Crippen molar-refractivity contribution in [2.24, 2.45) is 5.73 Å². The van der Waals surface area contributed by atoms with E-state index in [-0.39, 0.29) is 5.56 Å². The maximum Gasteiger partial charge on any atom is 0.329 e. The molecule has 1 atom stereocenters. The summed E-state index contributed by atoms with van der Waals surface area (Å²) < 4.78 is 22.4. The summed E-state index contributed by atoms with van der Waals surface area (Å²) in [6, 6.07) is 7.93. The summed E-state index contributed by atoms with van der Waals surface area (Å²) in [4.78, 5) is 11.1. The second kappa shape index (κ2) is 4.23. The summed E-state index contributed by atoms with van der Waals surface area (Å²) in [5.74, 6) is -1.98. The fourth-order valence-electron chi connectivity index (χ4n) is 1.42. The van der Waals surface area contributed by atoms with Gasteiger partial charge in [-0.25, -0.2) is 13.2 Å². The number of sulfone groups is 1. The Morgan fingerprint density at radius 1 is 1.38 bits per heavy atom. The number of nitrogens with two attached hydrogens (primary N) is 1. The van der Waals surface area contributed by atoms with Crippen molar-refractivity contribution >= 4 is 15.8 Å². The highest BCUT2D eigenvalue weighted by Gasteiger charge is 2.39. The minimum Gasteiger partial charge on any atom is -0.480 e. The normalized spacial score (nSPS) is 15.4. The molecule has 6 heteroatoms. The highest BCUT2D eigenvalue weighted by atomic mass is 32.2. The minimum atomic E-state index is -3.48. The quantitative estimate of drug-likeness (QED) is 0.774. The first-order valence-electron chi connectivity index (χ1n) is 4.51. The van der Waals surface area contributed by atoms with E-state index < -0.39 is 27.1 Å². The average Bonchev–Trinajstić information content (AvgIpc) is 2.16. The van der Waals surface area contributed by atoms with E-state index in [4.69, 9.17) is 10.8 Å². The van der Waals surface area contributed by atoms with Crippen LogP contribution in [0, 0.1) is 0 Å². The largest absolute Gasteiger partial charge is 0.480 e. The first kappa shape index (κ1) is 12.7. The van der Waals surface area contributed by atoms with Crippen LogP contribution in [0.1, 0.15) is 5.56 Å². The predicted octanol–water partition coefficient (Wildman–Crippen LogP) is -0.0302. The van der Waals surface area contributed by atoms with Crippen molar-refractivity contribution in [3.05, 3.63) is 35.9 Å². The summed E-state index contributed by atoms with van der Waals surface area (Å²) in [6.45, 7) is 0. The molecule has 3 N–H and O–H groups in total. The van der Waals surface area contributed by atoms with E-state index in [9.17, 15) is 13.2 Å². The third-order valence-corrected chi connectivity index (χ3v) is 3.14. The van der Waals surface area contributed by atoms with Crippen molar-refractivity contribution in [3.8, 4) is 0 Å². The van der Waals surface area contributed by atoms with Gasteiger partial charge in [0.15, 0.2) is 5.54 Å². The number of carboxylic acids is 1. The Balaban J connectivity index is 3.23. The summed E-state index contributed by atoms with van der Waals surface area (Å²) in [5, 5.41) is 9.06. The number of rotatable bonds is 4. The van der Waals surface area contributed by atoms with E-state index in [0.717, 1.165) is 6.26 Å². The Bertz CT molecular complexity index is 483. The molecule has 0 saturated heterocycles. The van der Waals surface area contributed by atoms with Gasteiger partial charge in [-0.3, -0.25) is 0 Å². The standard InChI is InChI=1S/C10H13NO4S/c1-16(14,15)7-10(11,9(12)13)8-5-3-2-4-6-8/h2-6H,7,11H2,1H3,(H,12,13). The molecule has 0 fully saturated rings. The van der Waals surface area contributed by atoms with Crippen LogP contribution in [0.15, 0.2) is 30.3 Å². The lowest BCUT2D eigenvalue weighted by molar-refractivity contribution is -0.142. The molecule has 0 saturated carbocycles. The van der Waals surface area contributed by atoms with Crippen LogP contribution >= 0.6 is 0 Å². The van der Waals surface area contributed by atoms with Crippen molar-refractivity contribution < 1.29 is 18.3 Å². The molecule has 16 heavy (non-hydrogen) atoms. The van der Waals surface area contributed by atoms with E-state index in [1.54, 1.807) is 18.2 Å². The first-order valence-corrected chi connectivity index (χ1v) is 6.57. The van der Waals surface area contributed by atoms with Gasteiger partial charge >= 0.3 is 5.97 Å². The topological polar surface area (TPSA) is 97.5 Å². The predicted molar refractivity (Wildman–Crippen MR) is 59.7 cm³/mol. The van der Waals surface area contributed by atoms with Crippen LogP contribution in [0.5, 0.6) is 0 Å². The number of carbonyl (C=O) groups is 1. The molecule has 1 rings (SSSR count). The van der Waals surface area contributed by atoms with E-state index in [0.29, 0.717) is 0 Å². The zero-order chi connectivity index (χ0) is 12.4. The Morgan fingerprint density at radius 2 is 1.88 bits per heavy atom. The van der Waals surface area contributed by atoms with Gasteiger partial charge in [0.05, 0.1) is 5.75 Å². The molecule has 0 bridgehead atoms. The van der Waals surface area contributed by atoms with Crippen LogP contribution < -0.4 is 5.73 Å². The number of aliphatic carboxylic acids is 1. The van der Waals surface area contributed by atoms with E-state index in [1.165, 1.54) is 12.1 Å². The maximum atomic E-state index is 11.2. The summed E-state index contributed by atoms with van der Waals surface area (Å²) in [7, 11) is -3.48. The van der Waals surface area contributed by atoms with Gasteiger partial charge in [-0.15, -0.1) is 0 Å². The van der Waals surface area contributed by atoms with Crippen LogP contribution in [0.2, 0.25) is 0 Å². The van der Waals surface area contributed by atoms with Gasteiger partial charge in [-0.2, -0.15) is 0 Å². The summed E-state index contributed by atoms with van der Waals surface area (Å²) in [5.41, 5.74) is 4.05. The molecule has 0 spiro atoms. The van der Waals surface area contributed by atoms with Gasteiger partial charge in [0, 0.05) is 6.26 Å². The Hall–Kier alpha value is -1.40. The second-order valence-electron chi connectivity index (χ2n) is 3.71. The van der Waals surface area contributed by atoms with Gasteiger partial charge in [-0.1, -0.05) is 30.3 Å².